The summed E-state index contributed by atoms with van der Waals surface area (Å²) in [5.74, 6) is 0.220. The molecule has 0 bridgehead atoms. The zero-order valence-corrected chi connectivity index (χ0v) is 21.0. The first kappa shape index (κ1) is 25.2. The number of carbonyl (C=O) groups excluding carboxylic acids is 3. The largest absolute Gasteiger partial charge is 0.366 e. The maximum absolute atomic E-state index is 13.5. The molecule has 7 heteroatoms. The Morgan fingerprint density at radius 2 is 1.94 bits per heavy atom. The molecule has 2 N–H and O–H groups in total. The number of amides is 2. The fraction of sp³-hybridized carbons (Fsp3) is 0.577. The minimum Gasteiger partial charge on any atom is -0.366 e. The first-order valence-electron chi connectivity index (χ1n) is 12.1. The fourth-order valence-electron chi connectivity index (χ4n) is 4.65. The monoisotopic (exact) mass is 471 g/mol. The molecule has 0 radical (unpaired) electrons. The van der Waals surface area contributed by atoms with Crippen LogP contribution >= 0.6 is 11.3 Å². The number of ketones is 1. The molecule has 1 aliphatic carbocycles. The first-order valence-corrected chi connectivity index (χ1v) is 13.0. The second-order valence-electron chi connectivity index (χ2n) is 9.69. The predicted octanol–water partition coefficient (Wildman–Crippen LogP) is 5.18. The molecule has 1 saturated carbocycles. The lowest BCUT2D eigenvalue weighted by Gasteiger charge is -2.26. The highest BCUT2D eigenvalue weighted by atomic mass is 32.1. The molecule has 180 valence electrons. The smallest absolute Gasteiger partial charge is 0.250 e. The number of nitrogens with two attached hydrogens (primary N) is 1. The van der Waals surface area contributed by atoms with Gasteiger partial charge in [-0.25, -0.2) is 0 Å². The Morgan fingerprint density at radius 1 is 1.21 bits per heavy atom. The fourth-order valence-corrected chi connectivity index (χ4v) is 5.37. The van der Waals surface area contributed by atoms with Gasteiger partial charge in [-0.15, -0.1) is 11.3 Å². The van der Waals surface area contributed by atoms with Crippen molar-refractivity contribution in [2.45, 2.75) is 78.8 Å². The van der Waals surface area contributed by atoms with E-state index in [0.717, 1.165) is 24.1 Å². The Kier molecular flexibility index (Phi) is 8.89. The van der Waals surface area contributed by atoms with Crippen molar-refractivity contribution in [1.29, 1.82) is 0 Å². The summed E-state index contributed by atoms with van der Waals surface area (Å²) in [5, 5.41) is 1.99. The average molecular weight is 472 g/mol. The van der Waals surface area contributed by atoms with E-state index in [4.69, 9.17) is 5.73 Å². The molecule has 3 rings (SSSR count). The van der Waals surface area contributed by atoms with Gasteiger partial charge < -0.3 is 15.2 Å². The van der Waals surface area contributed by atoms with Crippen molar-refractivity contribution in [3.05, 3.63) is 45.4 Å². The van der Waals surface area contributed by atoms with E-state index in [1.807, 2.05) is 29.0 Å². The molecule has 2 aromatic heterocycles. The Balaban J connectivity index is 1.82. The summed E-state index contributed by atoms with van der Waals surface area (Å²) < 4.78 is 1.90. The van der Waals surface area contributed by atoms with Crippen molar-refractivity contribution >= 4 is 28.9 Å². The third kappa shape index (κ3) is 6.79. The zero-order valence-electron chi connectivity index (χ0n) is 20.1. The second-order valence-corrected chi connectivity index (χ2v) is 10.7. The minimum atomic E-state index is -0.534. The van der Waals surface area contributed by atoms with E-state index in [0.29, 0.717) is 48.3 Å². The Morgan fingerprint density at radius 3 is 2.55 bits per heavy atom. The quantitative estimate of drug-likeness (QED) is 0.458. The lowest BCUT2D eigenvalue weighted by molar-refractivity contribution is -0.132. The number of Topliss-reactive ketones (excluding diaryl/α,β-unsaturated/α-hetero) is 1. The van der Waals surface area contributed by atoms with Gasteiger partial charge in [0.25, 0.3) is 5.91 Å². The number of nitrogens with zero attached hydrogens (tertiary/aromatic N) is 2. The minimum absolute atomic E-state index is 0.00673. The van der Waals surface area contributed by atoms with Crippen LogP contribution in [0.4, 0.5) is 0 Å². The van der Waals surface area contributed by atoms with Gasteiger partial charge >= 0.3 is 0 Å². The third-order valence-electron chi connectivity index (χ3n) is 6.65. The number of hydrogen-bond donors (Lipinski definition) is 1. The van der Waals surface area contributed by atoms with Crippen LogP contribution in [0.15, 0.2) is 23.6 Å². The molecule has 1 aliphatic rings. The van der Waals surface area contributed by atoms with Gasteiger partial charge in [-0.1, -0.05) is 39.2 Å². The van der Waals surface area contributed by atoms with E-state index in [1.54, 1.807) is 22.3 Å². The molecule has 0 spiro atoms. The van der Waals surface area contributed by atoms with Gasteiger partial charge in [0.05, 0.1) is 24.3 Å². The number of primary amides is 1. The average Bonchev–Trinajstić information content (AvgIpc) is 3.40. The van der Waals surface area contributed by atoms with Crippen molar-refractivity contribution in [2.24, 2.45) is 17.6 Å². The van der Waals surface area contributed by atoms with E-state index in [1.165, 1.54) is 19.3 Å². The summed E-state index contributed by atoms with van der Waals surface area (Å²) in [6.07, 6.45) is 7.17. The second kappa shape index (κ2) is 11.6. The van der Waals surface area contributed by atoms with Crippen LogP contribution in [0.5, 0.6) is 0 Å². The molecular weight excluding hydrogens is 434 g/mol. The summed E-state index contributed by atoms with van der Waals surface area (Å²) in [6.45, 7) is 7.16. The highest BCUT2D eigenvalue weighted by Gasteiger charge is 2.26. The van der Waals surface area contributed by atoms with E-state index in [-0.39, 0.29) is 18.2 Å². The molecule has 0 saturated heterocycles. The van der Waals surface area contributed by atoms with Crippen LogP contribution in [0.1, 0.15) is 90.2 Å². The van der Waals surface area contributed by atoms with E-state index >= 15 is 0 Å². The van der Waals surface area contributed by atoms with Gasteiger partial charge in [-0.3, -0.25) is 14.4 Å². The van der Waals surface area contributed by atoms with Crippen molar-refractivity contribution in [1.82, 2.24) is 9.47 Å². The topological polar surface area (TPSA) is 85.4 Å². The maximum Gasteiger partial charge on any atom is 0.250 e. The van der Waals surface area contributed by atoms with Crippen LogP contribution in [0.2, 0.25) is 0 Å². The molecule has 33 heavy (non-hydrogen) atoms. The van der Waals surface area contributed by atoms with Gasteiger partial charge in [-0.05, 0) is 55.5 Å². The molecule has 2 aromatic rings. The van der Waals surface area contributed by atoms with Crippen LogP contribution in [-0.2, 0) is 17.9 Å². The molecule has 6 nitrogen and oxygen atoms in total. The van der Waals surface area contributed by atoms with E-state index < -0.39 is 5.91 Å². The van der Waals surface area contributed by atoms with Crippen LogP contribution in [0.25, 0.3) is 0 Å². The molecular formula is C26H37N3O3S. The summed E-state index contributed by atoms with van der Waals surface area (Å²) in [7, 11) is 0. The SMILES string of the molecule is Cc1c(C(N)=O)cc(C(=O)CN(Cc2cccs2)C(=O)CC2CCCCC2)n1CCC(C)C. The van der Waals surface area contributed by atoms with Gasteiger partial charge in [0.1, 0.15) is 0 Å². The molecule has 1 fully saturated rings. The standard InChI is InChI=1S/C26H37N3O3S/c1-18(2)11-12-29-19(3)22(26(27)32)15-23(29)24(30)17-28(16-21-10-7-13-33-21)25(31)14-20-8-5-4-6-9-20/h7,10,13,15,18,20H,4-6,8-9,11-12,14,16-17H2,1-3H3,(H2,27,32). The molecule has 2 amide bonds. The number of aromatic nitrogens is 1. The van der Waals surface area contributed by atoms with Gasteiger partial charge in [0.15, 0.2) is 5.78 Å². The normalized spacial score (nSPS) is 14.5. The Bertz CT molecular complexity index is 956. The number of rotatable bonds is 11. The highest BCUT2D eigenvalue weighted by molar-refractivity contribution is 7.09. The highest BCUT2D eigenvalue weighted by Crippen LogP contribution is 2.27. The maximum atomic E-state index is 13.5. The summed E-state index contributed by atoms with van der Waals surface area (Å²) in [4.78, 5) is 41.5. The Labute approximate surface area is 201 Å². The van der Waals surface area contributed by atoms with E-state index in [2.05, 4.69) is 13.8 Å². The summed E-state index contributed by atoms with van der Waals surface area (Å²) >= 11 is 1.59. The molecule has 0 aromatic carbocycles. The lowest BCUT2D eigenvalue weighted by atomic mass is 9.86. The van der Waals surface area contributed by atoms with Crippen molar-refractivity contribution in [2.75, 3.05) is 6.54 Å². The predicted molar refractivity (Wildman–Crippen MR) is 132 cm³/mol. The van der Waals surface area contributed by atoms with Crippen molar-refractivity contribution in [3.63, 3.8) is 0 Å². The number of carbonyl (C=O) groups is 3. The Hall–Kier alpha value is -2.41. The van der Waals surface area contributed by atoms with E-state index in [9.17, 15) is 14.4 Å². The van der Waals surface area contributed by atoms with Crippen LogP contribution in [0.3, 0.4) is 0 Å². The van der Waals surface area contributed by atoms with Crippen LogP contribution in [-0.4, -0.2) is 33.6 Å². The van der Waals surface area contributed by atoms with Gasteiger partial charge in [0.2, 0.25) is 5.91 Å². The molecule has 0 atom stereocenters. The third-order valence-corrected chi connectivity index (χ3v) is 7.51. The van der Waals surface area contributed by atoms with Crippen molar-refractivity contribution < 1.29 is 14.4 Å². The summed E-state index contributed by atoms with van der Waals surface area (Å²) in [6, 6.07) is 5.57. The van der Waals surface area contributed by atoms with Gasteiger partial charge in [0, 0.05) is 23.5 Å². The van der Waals surface area contributed by atoms with Crippen molar-refractivity contribution in [3.8, 4) is 0 Å². The zero-order chi connectivity index (χ0) is 24.0. The van der Waals surface area contributed by atoms with Crippen LogP contribution < -0.4 is 5.73 Å². The number of hydrogen-bond acceptors (Lipinski definition) is 4. The number of thiophene rings is 1. The summed E-state index contributed by atoms with van der Waals surface area (Å²) in [5.41, 5.74) is 7.12. The molecule has 0 unspecified atom stereocenters. The molecule has 0 aliphatic heterocycles. The van der Waals surface area contributed by atoms with Gasteiger partial charge in [-0.2, -0.15) is 0 Å². The molecule has 2 heterocycles. The lowest BCUT2D eigenvalue weighted by Crippen LogP contribution is -2.37. The first-order chi connectivity index (χ1) is 15.8. The van der Waals surface area contributed by atoms with Crippen LogP contribution in [0, 0.1) is 18.8 Å².